The molecule has 0 bridgehead atoms. The molecular formula is C15H14N2O. The van der Waals surface area contributed by atoms with Crippen molar-refractivity contribution in [2.75, 3.05) is 6.54 Å². The minimum atomic E-state index is 0.0712. The molecule has 3 nitrogen and oxygen atoms in total. The van der Waals surface area contributed by atoms with Crippen LogP contribution in [-0.4, -0.2) is 22.3 Å². The Bertz CT molecular complexity index is 602. The number of amides is 1. The Morgan fingerprint density at radius 1 is 1.44 bits per heavy atom. The molecule has 18 heavy (non-hydrogen) atoms. The number of likely N-dealkylation sites (tertiary alicyclic amines) is 1. The van der Waals surface area contributed by atoms with Crippen LogP contribution in [0.4, 0.5) is 0 Å². The van der Waals surface area contributed by atoms with E-state index in [-0.39, 0.29) is 11.8 Å². The molecule has 1 unspecified atom stereocenters. The molecule has 1 aliphatic rings. The number of carbonyl (C=O) groups excluding carboxylic acids is 1. The fraction of sp³-hybridized carbons (Fsp3) is 0.267. The van der Waals surface area contributed by atoms with Gasteiger partial charge in [-0.25, -0.2) is 0 Å². The molecule has 1 amide bonds. The molecule has 90 valence electrons. The molecule has 0 radical (unpaired) electrons. The first-order valence-electron chi connectivity index (χ1n) is 6.07. The monoisotopic (exact) mass is 238 g/mol. The van der Waals surface area contributed by atoms with Crippen molar-refractivity contribution in [3.63, 3.8) is 0 Å². The molecule has 2 heterocycles. The van der Waals surface area contributed by atoms with Crippen LogP contribution in [0.1, 0.15) is 12.1 Å². The van der Waals surface area contributed by atoms with E-state index in [1.807, 2.05) is 23.1 Å². The van der Waals surface area contributed by atoms with Crippen molar-refractivity contribution in [1.29, 1.82) is 0 Å². The van der Waals surface area contributed by atoms with Crippen LogP contribution in [0.2, 0.25) is 0 Å². The third-order valence-corrected chi connectivity index (χ3v) is 3.40. The summed E-state index contributed by atoms with van der Waals surface area (Å²) < 4.78 is 0. The Kier molecular flexibility index (Phi) is 2.56. The number of para-hydroxylation sites is 1. The van der Waals surface area contributed by atoms with Crippen LogP contribution in [0.15, 0.2) is 30.3 Å². The average Bonchev–Trinajstić information content (AvgIpc) is 2.93. The normalized spacial score (nSPS) is 19.4. The highest BCUT2D eigenvalue weighted by molar-refractivity contribution is 5.81. The maximum absolute atomic E-state index is 11.8. The van der Waals surface area contributed by atoms with Gasteiger partial charge in [0.15, 0.2) is 0 Å². The number of hydrogen-bond donors (Lipinski definition) is 1. The number of hydrogen-bond acceptors (Lipinski definition) is 1. The summed E-state index contributed by atoms with van der Waals surface area (Å²) in [6.45, 7) is 1.29. The van der Waals surface area contributed by atoms with Gasteiger partial charge < -0.3 is 9.88 Å². The molecule has 1 saturated heterocycles. The van der Waals surface area contributed by atoms with Crippen molar-refractivity contribution in [3.05, 3.63) is 36.0 Å². The number of nitrogens with one attached hydrogen (secondary N) is 1. The largest absolute Gasteiger partial charge is 0.357 e. The number of aromatic amines is 1. The summed E-state index contributed by atoms with van der Waals surface area (Å²) in [4.78, 5) is 16.9. The van der Waals surface area contributed by atoms with Crippen molar-refractivity contribution in [1.82, 2.24) is 9.88 Å². The number of nitrogens with zero attached hydrogens (tertiary/aromatic N) is 1. The Hall–Kier alpha value is -2.21. The number of fused-ring (bicyclic) bond motifs is 1. The fourth-order valence-electron chi connectivity index (χ4n) is 2.46. The molecule has 1 aromatic heterocycles. The summed E-state index contributed by atoms with van der Waals surface area (Å²) in [5.74, 6) is 2.88. The lowest BCUT2D eigenvalue weighted by atomic mass is 10.1. The molecular weight excluding hydrogens is 224 g/mol. The lowest BCUT2D eigenvalue weighted by Gasteiger charge is -2.14. The molecule has 0 spiro atoms. The number of aromatic nitrogens is 1. The first-order chi connectivity index (χ1) is 8.76. The van der Waals surface area contributed by atoms with E-state index in [9.17, 15) is 4.79 Å². The molecule has 0 aliphatic carbocycles. The Morgan fingerprint density at radius 2 is 2.28 bits per heavy atom. The highest BCUT2D eigenvalue weighted by Gasteiger charge is 2.28. The standard InChI is InChI=1S/C15H14N2O/c1-2-11-7-15(18)17(9-11)10-13-8-12-5-3-4-6-14(12)16-13/h1,3-6,8,11,16H,7,9-10H2. The summed E-state index contributed by atoms with van der Waals surface area (Å²) >= 11 is 0. The number of carbonyl (C=O) groups is 1. The van der Waals surface area contributed by atoms with Crippen LogP contribution in [0.25, 0.3) is 10.9 Å². The van der Waals surface area contributed by atoms with Gasteiger partial charge in [0.2, 0.25) is 5.91 Å². The van der Waals surface area contributed by atoms with E-state index in [2.05, 4.69) is 23.0 Å². The van der Waals surface area contributed by atoms with Gasteiger partial charge in [0, 0.05) is 30.1 Å². The molecule has 3 heteroatoms. The molecule has 2 aromatic rings. The van der Waals surface area contributed by atoms with Gasteiger partial charge in [-0.1, -0.05) is 18.2 Å². The highest BCUT2D eigenvalue weighted by Crippen LogP contribution is 2.21. The summed E-state index contributed by atoms with van der Waals surface area (Å²) in [5, 5.41) is 1.17. The zero-order valence-corrected chi connectivity index (χ0v) is 10.0. The molecule has 1 atom stereocenters. The first-order valence-corrected chi connectivity index (χ1v) is 6.07. The van der Waals surface area contributed by atoms with Gasteiger partial charge in [0.1, 0.15) is 0 Å². The zero-order chi connectivity index (χ0) is 12.5. The van der Waals surface area contributed by atoms with Gasteiger partial charge in [0.25, 0.3) is 0 Å². The van der Waals surface area contributed by atoms with E-state index < -0.39 is 0 Å². The topological polar surface area (TPSA) is 36.1 Å². The summed E-state index contributed by atoms with van der Waals surface area (Å²) in [6.07, 6.45) is 5.86. The third kappa shape index (κ3) is 1.86. The van der Waals surface area contributed by atoms with Gasteiger partial charge >= 0.3 is 0 Å². The van der Waals surface area contributed by atoms with Crippen LogP contribution in [-0.2, 0) is 11.3 Å². The number of benzene rings is 1. The number of rotatable bonds is 2. The van der Waals surface area contributed by atoms with Crippen LogP contribution in [0.5, 0.6) is 0 Å². The Morgan fingerprint density at radius 3 is 3.00 bits per heavy atom. The average molecular weight is 238 g/mol. The minimum absolute atomic E-state index is 0.0712. The van der Waals surface area contributed by atoms with Gasteiger partial charge in [-0.2, -0.15) is 0 Å². The molecule has 0 saturated carbocycles. The van der Waals surface area contributed by atoms with Crippen LogP contribution in [0.3, 0.4) is 0 Å². The van der Waals surface area contributed by atoms with E-state index in [0.717, 1.165) is 11.2 Å². The van der Waals surface area contributed by atoms with Crippen molar-refractivity contribution in [2.24, 2.45) is 5.92 Å². The number of H-pyrrole nitrogens is 1. The predicted octanol–water partition coefficient (Wildman–Crippen LogP) is 2.15. The predicted molar refractivity (Wildman–Crippen MR) is 70.7 cm³/mol. The quantitative estimate of drug-likeness (QED) is 0.799. The maximum Gasteiger partial charge on any atom is 0.224 e. The smallest absolute Gasteiger partial charge is 0.224 e. The molecule has 1 fully saturated rings. The summed E-state index contributed by atoms with van der Waals surface area (Å²) in [5.41, 5.74) is 2.16. The summed E-state index contributed by atoms with van der Waals surface area (Å²) in [6, 6.07) is 10.2. The van der Waals surface area contributed by atoms with Gasteiger partial charge in [-0.15, -0.1) is 12.3 Å². The van der Waals surface area contributed by atoms with Crippen LogP contribution < -0.4 is 0 Å². The van der Waals surface area contributed by atoms with E-state index in [0.29, 0.717) is 19.5 Å². The highest BCUT2D eigenvalue weighted by atomic mass is 16.2. The van der Waals surface area contributed by atoms with E-state index in [4.69, 9.17) is 6.42 Å². The molecule has 3 rings (SSSR count). The molecule has 1 aromatic carbocycles. The first kappa shape index (κ1) is 10.9. The zero-order valence-electron chi connectivity index (χ0n) is 10.0. The van der Waals surface area contributed by atoms with Crippen LogP contribution in [0, 0.1) is 18.3 Å². The van der Waals surface area contributed by atoms with Gasteiger partial charge in [-0.3, -0.25) is 4.79 Å². The summed E-state index contributed by atoms with van der Waals surface area (Å²) in [7, 11) is 0. The van der Waals surface area contributed by atoms with E-state index in [1.54, 1.807) is 0 Å². The second-order valence-electron chi connectivity index (χ2n) is 4.72. The molecule has 1 aliphatic heterocycles. The lowest BCUT2D eigenvalue weighted by Crippen LogP contribution is -2.24. The fourth-order valence-corrected chi connectivity index (χ4v) is 2.46. The number of terminal acetylenes is 1. The Labute approximate surface area is 106 Å². The minimum Gasteiger partial charge on any atom is -0.357 e. The lowest BCUT2D eigenvalue weighted by molar-refractivity contribution is -0.128. The van der Waals surface area contributed by atoms with Gasteiger partial charge in [-0.05, 0) is 17.5 Å². The Balaban J connectivity index is 1.81. The van der Waals surface area contributed by atoms with Crippen molar-refractivity contribution in [2.45, 2.75) is 13.0 Å². The SMILES string of the molecule is C#CC1CC(=O)N(Cc2cc3ccccc3[nH]2)C1. The van der Waals surface area contributed by atoms with Crippen molar-refractivity contribution < 1.29 is 4.79 Å². The third-order valence-electron chi connectivity index (χ3n) is 3.40. The second kappa shape index (κ2) is 4.23. The second-order valence-corrected chi connectivity index (χ2v) is 4.72. The van der Waals surface area contributed by atoms with Crippen molar-refractivity contribution in [3.8, 4) is 12.3 Å². The van der Waals surface area contributed by atoms with Crippen LogP contribution >= 0.6 is 0 Å². The molecule has 1 N–H and O–H groups in total. The van der Waals surface area contributed by atoms with Gasteiger partial charge in [0.05, 0.1) is 6.54 Å². The van der Waals surface area contributed by atoms with Crippen molar-refractivity contribution >= 4 is 16.8 Å². The van der Waals surface area contributed by atoms with E-state index >= 15 is 0 Å². The maximum atomic E-state index is 11.8. The van der Waals surface area contributed by atoms with E-state index in [1.165, 1.54) is 5.39 Å².